The molecule has 0 saturated carbocycles. The molecule has 6 aliphatic heterocycles. The predicted octanol–water partition coefficient (Wildman–Crippen LogP) is 3.78. The first-order chi connectivity index (χ1) is 29.6. The molecule has 2 amide bonds. The second-order valence-corrected chi connectivity index (χ2v) is 15.8. The van der Waals surface area contributed by atoms with Gasteiger partial charge in [-0.1, -0.05) is 0 Å². The number of aromatic nitrogens is 7. The Morgan fingerprint density at radius 2 is 1.03 bits per heavy atom. The lowest BCUT2D eigenvalue weighted by Gasteiger charge is -2.30. The van der Waals surface area contributed by atoms with Gasteiger partial charge >= 0.3 is 6.03 Å². The van der Waals surface area contributed by atoms with E-state index < -0.39 is 0 Å². The summed E-state index contributed by atoms with van der Waals surface area (Å²) in [5, 5.41) is 3.04. The summed E-state index contributed by atoms with van der Waals surface area (Å²) in [6.45, 7) is 8.15. The van der Waals surface area contributed by atoms with Crippen LogP contribution in [0.4, 0.5) is 45.7 Å². The van der Waals surface area contributed by atoms with Crippen molar-refractivity contribution >= 4 is 46.9 Å². The molecule has 18 heteroatoms. The minimum atomic E-state index is -0.339. The number of ether oxygens (including phenoxy) is 4. The molecule has 6 fully saturated rings. The van der Waals surface area contributed by atoms with Crippen molar-refractivity contribution in [3.05, 3.63) is 73.1 Å². The van der Waals surface area contributed by atoms with Gasteiger partial charge in [-0.25, -0.2) is 4.79 Å². The van der Waals surface area contributed by atoms with Crippen molar-refractivity contribution in [1.29, 1.82) is 0 Å². The Morgan fingerprint density at radius 3 is 1.45 bits per heavy atom. The van der Waals surface area contributed by atoms with E-state index >= 15 is 0 Å². The number of pyridine rings is 1. The average molecular weight is 812 g/mol. The van der Waals surface area contributed by atoms with E-state index in [2.05, 4.69) is 29.9 Å². The molecule has 9 heterocycles. The molecule has 6 saturated heterocycles. The monoisotopic (exact) mass is 811 g/mol. The number of fused-ring (bicyclic) bond motifs is 4. The summed E-state index contributed by atoms with van der Waals surface area (Å²) in [5.41, 5.74) is 3.54. The number of carbonyl (C=O) groups is 1. The number of hydrogen-bond acceptors (Lipinski definition) is 16. The van der Waals surface area contributed by atoms with Crippen molar-refractivity contribution in [3.8, 4) is 22.8 Å². The summed E-state index contributed by atoms with van der Waals surface area (Å²) in [6, 6.07) is 19.1. The fourth-order valence-corrected chi connectivity index (χ4v) is 8.84. The van der Waals surface area contributed by atoms with Gasteiger partial charge in [0, 0.05) is 68.5 Å². The number of nitrogens with zero attached hydrogens (tertiary/aromatic N) is 12. The molecule has 60 heavy (non-hydrogen) atoms. The Bertz CT molecular complexity index is 2190. The number of amides is 2. The summed E-state index contributed by atoms with van der Waals surface area (Å²) < 4.78 is 23.0. The minimum Gasteiger partial charge on any atom is -0.378 e. The van der Waals surface area contributed by atoms with E-state index in [1.54, 1.807) is 29.4 Å². The van der Waals surface area contributed by atoms with Crippen LogP contribution in [-0.2, 0) is 18.9 Å². The average Bonchev–Trinajstić information content (AvgIpc) is 4.15. The fraction of sp³-hybridized carbons (Fsp3) is 0.429. The number of benzene rings is 2. The van der Waals surface area contributed by atoms with Crippen LogP contribution in [0.5, 0.6) is 0 Å². The van der Waals surface area contributed by atoms with Gasteiger partial charge in [0.1, 0.15) is 0 Å². The standard InChI is InChI=1S/C42H45N13O5/c56-42(44-29-9-11-43-12-10-29)55(30-5-1-27(2-6-30)36-45-38(51-13-17-57-18-14-51)49-40(47-36)53-23-34-21-32(53)25-59-34)31-7-3-28(4-8-31)37-46-39(52-15-19-58-20-16-52)50-41(48-37)54-24-35-22-33(54)26-60-35/h1-12,32-35H,13-26H2,(H,43,44,56). The molecule has 0 spiro atoms. The molecular formula is C42H45N13O5. The Morgan fingerprint density at radius 1 is 0.583 bits per heavy atom. The summed E-state index contributed by atoms with van der Waals surface area (Å²) in [7, 11) is 0. The molecule has 4 atom stereocenters. The SMILES string of the molecule is O=C(Nc1ccncc1)N(c1ccc(-c2nc(N3CCOCC3)nc(N3CC4CC3CO4)n2)cc1)c1ccc(-c2nc(N3CCOCC3)nc(N3CC4CC3CO4)n2)cc1. The maximum atomic E-state index is 14.2. The molecule has 4 bridgehead atoms. The molecule has 3 aromatic heterocycles. The van der Waals surface area contributed by atoms with Gasteiger partial charge in [-0.15, -0.1) is 0 Å². The number of anilines is 7. The zero-order valence-corrected chi connectivity index (χ0v) is 33.0. The molecule has 308 valence electrons. The van der Waals surface area contributed by atoms with E-state index in [0.717, 1.165) is 37.1 Å². The van der Waals surface area contributed by atoms with Crippen LogP contribution >= 0.6 is 0 Å². The Kier molecular flexibility index (Phi) is 9.75. The highest BCUT2D eigenvalue weighted by molar-refractivity contribution is 6.07. The number of urea groups is 1. The molecule has 11 rings (SSSR count). The Labute approximate surface area is 346 Å². The maximum Gasteiger partial charge on any atom is 0.330 e. The van der Waals surface area contributed by atoms with Crippen LogP contribution in [0, 0.1) is 0 Å². The van der Waals surface area contributed by atoms with Crippen LogP contribution in [0.1, 0.15) is 12.8 Å². The molecule has 18 nitrogen and oxygen atoms in total. The van der Waals surface area contributed by atoms with Crippen molar-refractivity contribution in [1.82, 2.24) is 34.9 Å². The normalized spacial score (nSPS) is 23.4. The van der Waals surface area contributed by atoms with Crippen LogP contribution in [0.3, 0.4) is 0 Å². The van der Waals surface area contributed by atoms with E-state index in [9.17, 15) is 4.79 Å². The third kappa shape index (κ3) is 7.29. The smallest absolute Gasteiger partial charge is 0.330 e. The molecule has 2 aromatic carbocycles. The highest BCUT2D eigenvalue weighted by Gasteiger charge is 2.42. The van der Waals surface area contributed by atoms with Gasteiger partial charge in [-0.3, -0.25) is 9.88 Å². The van der Waals surface area contributed by atoms with Gasteiger partial charge in [0.15, 0.2) is 11.6 Å². The zero-order chi connectivity index (χ0) is 40.0. The summed E-state index contributed by atoms with van der Waals surface area (Å²) >= 11 is 0. The zero-order valence-electron chi connectivity index (χ0n) is 33.0. The first kappa shape index (κ1) is 37.0. The third-order valence-corrected chi connectivity index (χ3v) is 12.0. The van der Waals surface area contributed by atoms with Crippen molar-refractivity contribution in [3.63, 3.8) is 0 Å². The van der Waals surface area contributed by atoms with Gasteiger partial charge in [0.2, 0.25) is 23.8 Å². The van der Waals surface area contributed by atoms with Crippen LogP contribution < -0.4 is 29.8 Å². The van der Waals surface area contributed by atoms with Crippen molar-refractivity contribution in [2.24, 2.45) is 0 Å². The van der Waals surface area contributed by atoms with E-state index in [1.165, 1.54) is 0 Å². The molecule has 6 aliphatic rings. The van der Waals surface area contributed by atoms with Crippen LogP contribution in [-0.4, -0.2) is 144 Å². The Hall–Kier alpha value is -6.08. The molecule has 0 aliphatic carbocycles. The number of morpholine rings is 4. The first-order valence-corrected chi connectivity index (χ1v) is 20.7. The van der Waals surface area contributed by atoms with Crippen LogP contribution in [0.15, 0.2) is 73.1 Å². The third-order valence-electron chi connectivity index (χ3n) is 12.0. The quantitative estimate of drug-likeness (QED) is 0.228. The summed E-state index contributed by atoms with van der Waals surface area (Å²) in [6.07, 6.45) is 5.63. The number of nitrogens with one attached hydrogen (secondary N) is 1. The lowest BCUT2D eigenvalue weighted by Crippen LogP contribution is -2.40. The lowest BCUT2D eigenvalue weighted by molar-refractivity contribution is 0.0985. The van der Waals surface area contributed by atoms with Crippen LogP contribution in [0.25, 0.3) is 22.8 Å². The van der Waals surface area contributed by atoms with E-state index in [-0.39, 0.29) is 30.3 Å². The summed E-state index contributed by atoms with van der Waals surface area (Å²) in [5.74, 6) is 3.71. The number of carbonyl (C=O) groups excluding carboxylic acids is 1. The van der Waals surface area contributed by atoms with E-state index in [0.29, 0.717) is 118 Å². The summed E-state index contributed by atoms with van der Waals surface area (Å²) in [4.78, 5) is 58.6. The molecular weight excluding hydrogens is 767 g/mol. The number of hydrogen-bond donors (Lipinski definition) is 1. The molecule has 4 unspecified atom stereocenters. The number of rotatable bonds is 9. The van der Waals surface area contributed by atoms with Crippen LogP contribution in [0.2, 0.25) is 0 Å². The van der Waals surface area contributed by atoms with Gasteiger partial charge in [-0.05, 0) is 73.5 Å². The van der Waals surface area contributed by atoms with Gasteiger partial charge in [0.25, 0.3) is 0 Å². The minimum absolute atomic E-state index is 0.197. The fourth-order valence-electron chi connectivity index (χ4n) is 8.84. The molecule has 1 N–H and O–H groups in total. The molecule has 5 aromatic rings. The predicted molar refractivity (Wildman–Crippen MR) is 223 cm³/mol. The maximum absolute atomic E-state index is 14.2. The second-order valence-electron chi connectivity index (χ2n) is 15.8. The largest absolute Gasteiger partial charge is 0.378 e. The van der Waals surface area contributed by atoms with Crippen molar-refractivity contribution < 1.29 is 23.7 Å². The van der Waals surface area contributed by atoms with Crippen molar-refractivity contribution in [2.45, 2.75) is 37.1 Å². The van der Waals surface area contributed by atoms with E-state index in [4.69, 9.17) is 48.9 Å². The van der Waals surface area contributed by atoms with Gasteiger partial charge in [-0.2, -0.15) is 29.9 Å². The lowest BCUT2D eigenvalue weighted by atomic mass is 10.1. The topological polar surface area (TPSA) is 172 Å². The highest BCUT2D eigenvalue weighted by Crippen LogP contribution is 2.36. The van der Waals surface area contributed by atoms with Gasteiger partial charge < -0.3 is 43.9 Å². The Balaban J connectivity index is 0.919. The van der Waals surface area contributed by atoms with E-state index in [1.807, 2.05) is 48.5 Å². The first-order valence-electron chi connectivity index (χ1n) is 20.7. The second kappa shape index (κ2) is 15.8. The highest BCUT2D eigenvalue weighted by atomic mass is 16.5. The molecule has 0 radical (unpaired) electrons. The van der Waals surface area contributed by atoms with Crippen molar-refractivity contribution in [2.75, 3.05) is 109 Å². The van der Waals surface area contributed by atoms with Gasteiger partial charge in [0.05, 0.1) is 75.3 Å².